The lowest BCUT2D eigenvalue weighted by Crippen LogP contribution is -2.37. The second-order valence-electron chi connectivity index (χ2n) is 6.17. The molecule has 0 aliphatic carbocycles. The maximum Gasteiger partial charge on any atom is 0.293 e. The zero-order valence-corrected chi connectivity index (χ0v) is 17.4. The summed E-state index contributed by atoms with van der Waals surface area (Å²) in [6, 6.07) is 8.58. The molecule has 0 bridgehead atoms. The Labute approximate surface area is 178 Å². The molecule has 1 fully saturated rings. The molecule has 2 aromatic rings. The molecule has 0 unspecified atom stereocenters. The molecule has 1 aliphatic heterocycles. The van der Waals surface area contributed by atoms with Crippen LogP contribution >= 0.6 is 11.8 Å². The third-order valence-electron chi connectivity index (χ3n) is 4.20. The molecule has 0 atom stereocenters. The number of nitrogens with one attached hydrogen (secondary N) is 1. The van der Waals surface area contributed by atoms with Crippen LogP contribution in [-0.4, -0.2) is 53.7 Å². The minimum absolute atomic E-state index is 0.0839. The number of ether oxygens (including phenoxy) is 2. The zero-order chi connectivity index (χ0) is 21.5. The molecule has 2 heterocycles. The van der Waals surface area contributed by atoms with E-state index < -0.39 is 5.91 Å². The van der Waals surface area contributed by atoms with Crippen LogP contribution in [-0.2, 0) is 4.79 Å². The third-order valence-corrected chi connectivity index (χ3v) is 5.11. The van der Waals surface area contributed by atoms with Gasteiger partial charge in [0.1, 0.15) is 0 Å². The topological polar surface area (TPSA) is 97.8 Å². The summed E-state index contributed by atoms with van der Waals surface area (Å²) in [5, 5.41) is 2.31. The van der Waals surface area contributed by atoms with Crippen molar-refractivity contribution in [1.29, 1.82) is 0 Å². The SMILES string of the molecule is CCOc1ccc(C=C2SC(=O)N(CCNC(=O)c3cccnc3)C2=O)cc1OC. The molecule has 8 nitrogen and oxygen atoms in total. The first kappa shape index (κ1) is 21.4. The van der Waals surface area contributed by atoms with Crippen LogP contribution in [0, 0.1) is 0 Å². The van der Waals surface area contributed by atoms with E-state index in [1.54, 1.807) is 42.6 Å². The van der Waals surface area contributed by atoms with Gasteiger partial charge in [0.15, 0.2) is 11.5 Å². The number of carbonyl (C=O) groups excluding carboxylic acids is 3. The Bertz CT molecular complexity index is 978. The molecule has 156 valence electrons. The molecule has 0 radical (unpaired) electrons. The summed E-state index contributed by atoms with van der Waals surface area (Å²) >= 11 is 0.864. The van der Waals surface area contributed by atoms with Gasteiger partial charge in [-0.1, -0.05) is 6.07 Å². The number of aromatic nitrogens is 1. The number of pyridine rings is 1. The Morgan fingerprint density at radius 3 is 2.80 bits per heavy atom. The molecule has 3 amide bonds. The van der Waals surface area contributed by atoms with E-state index in [1.165, 1.54) is 13.3 Å². The Kier molecular flexibility index (Phi) is 7.08. The molecule has 0 saturated carbocycles. The van der Waals surface area contributed by atoms with Crippen molar-refractivity contribution >= 4 is 34.9 Å². The highest BCUT2D eigenvalue weighted by atomic mass is 32.2. The summed E-state index contributed by atoms with van der Waals surface area (Å²) in [6.45, 7) is 2.62. The average molecular weight is 427 g/mol. The van der Waals surface area contributed by atoms with Crippen LogP contribution in [0.1, 0.15) is 22.8 Å². The molecule has 3 rings (SSSR count). The van der Waals surface area contributed by atoms with Crippen LogP contribution < -0.4 is 14.8 Å². The number of amides is 3. The molecule has 1 saturated heterocycles. The molecule has 30 heavy (non-hydrogen) atoms. The van der Waals surface area contributed by atoms with E-state index in [4.69, 9.17) is 9.47 Å². The summed E-state index contributed by atoms with van der Waals surface area (Å²) < 4.78 is 10.8. The Morgan fingerprint density at radius 1 is 1.27 bits per heavy atom. The van der Waals surface area contributed by atoms with E-state index >= 15 is 0 Å². The van der Waals surface area contributed by atoms with Crippen molar-refractivity contribution < 1.29 is 23.9 Å². The van der Waals surface area contributed by atoms with Crippen molar-refractivity contribution in [2.24, 2.45) is 0 Å². The van der Waals surface area contributed by atoms with E-state index in [-0.39, 0.29) is 24.2 Å². The van der Waals surface area contributed by atoms with Crippen molar-refractivity contribution in [3.8, 4) is 11.5 Å². The van der Waals surface area contributed by atoms with Crippen LogP contribution in [0.5, 0.6) is 11.5 Å². The second kappa shape index (κ2) is 9.93. The maximum atomic E-state index is 12.6. The van der Waals surface area contributed by atoms with Gasteiger partial charge in [0.2, 0.25) is 0 Å². The van der Waals surface area contributed by atoms with Gasteiger partial charge in [0.25, 0.3) is 17.1 Å². The van der Waals surface area contributed by atoms with Crippen molar-refractivity contribution in [3.05, 3.63) is 58.8 Å². The Balaban J connectivity index is 1.63. The predicted octanol–water partition coefficient (Wildman–Crippen LogP) is 2.96. The molecule has 1 N–H and O–H groups in total. The molecule has 1 aromatic heterocycles. The highest BCUT2D eigenvalue weighted by Gasteiger charge is 2.34. The summed E-state index contributed by atoms with van der Waals surface area (Å²) in [7, 11) is 1.54. The minimum atomic E-state index is -0.395. The van der Waals surface area contributed by atoms with Crippen molar-refractivity contribution in [1.82, 2.24) is 15.2 Å². The summed E-state index contributed by atoms with van der Waals surface area (Å²) in [5.74, 6) is 0.443. The van der Waals surface area contributed by atoms with Gasteiger partial charge in [-0.3, -0.25) is 24.3 Å². The normalized spacial score (nSPS) is 14.9. The quantitative estimate of drug-likeness (QED) is 0.647. The highest BCUT2D eigenvalue weighted by molar-refractivity contribution is 8.18. The number of carbonyl (C=O) groups is 3. The van der Waals surface area contributed by atoms with Crippen LogP contribution in [0.2, 0.25) is 0 Å². The predicted molar refractivity (Wildman–Crippen MR) is 113 cm³/mol. The van der Waals surface area contributed by atoms with E-state index in [0.29, 0.717) is 34.1 Å². The highest BCUT2D eigenvalue weighted by Crippen LogP contribution is 2.34. The Morgan fingerprint density at radius 2 is 2.10 bits per heavy atom. The van der Waals surface area contributed by atoms with E-state index in [0.717, 1.165) is 16.7 Å². The number of hydrogen-bond donors (Lipinski definition) is 1. The van der Waals surface area contributed by atoms with Gasteiger partial charge in [-0.25, -0.2) is 0 Å². The monoisotopic (exact) mass is 427 g/mol. The minimum Gasteiger partial charge on any atom is -0.493 e. The molecule has 1 aromatic carbocycles. The number of thioether (sulfide) groups is 1. The summed E-state index contributed by atoms with van der Waals surface area (Å²) in [5.41, 5.74) is 1.13. The van der Waals surface area contributed by atoms with Gasteiger partial charge >= 0.3 is 0 Å². The number of hydrogen-bond acceptors (Lipinski definition) is 7. The van der Waals surface area contributed by atoms with Crippen molar-refractivity contribution in [2.45, 2.75) is 6.92 Å². The maximum absolute atomic E-state index is 12.6. The lowest BCUT2D eigenvalue weighted by atomic mass is 10.2. The lowest BCUT2D eigenvalue weighted by molar-refractivity contribution is -0.122. The second-order valence-corrected chi connectivity index (χ2v) is 7.17. The average Bonchev–Trinajstić information content (AvgIpc) is 3.02. The lowest BCUT2D eigenvalue weighted by Gasteiger charge is -2.13. The van der Waals surface area contributed by atoms with Crippen LogP contribution in [0.25, 0.3) is 6.08 Å². The van der Waals surface area contributed by atoms with Gasteiger partial charge in [0, 0.05) is 25.5 Å². The van der Waals surface area contributed by atoms with Gasteiger partial charge in [-0.2, -0.15) is 0 Å². The largest absolute Gasteiger partial charge is 0.493 e. The van der Waals surface area contributed by atoms with Crippen LogP contribution in [0.3, 0.4) is 0 Å². The third kappa shape index (κ3) is 4.98. The Hall–Kier alpha value is -3.33. The van der Waals surface area contributed by atoms with Crippen molar-refractivity contribution in [2.75, 3.05) is 26.8 Å². The number of imide groups is 1. The fourth-order valence-electron chi connectivity index (χ4n) is 2.77. The summed E-state index contributed by atoms with van der Waals surface area (Å²) in [6.07, 6.45) is 4.66. The first-order valence-corrected chi connectivity index (χ1v) is 10.1. The van der Waals surface area contributed by atoms with Gasteiger partial charge in [-0.15, -0.1) is 0 Å². The number of rotatable bonds is 8. The van der Waals surface area contributed by atoms with Gasteiger partial charge < -0.3 is 14.8 Å². The summed E-state index contributed by atoms with van der Waals surface area (Å²) in [4.78, 5) is 42.2. The van der Waals surface area contributed by atoms with Crippen LogP contribution in [0.15, 0.2) is 47.6 Å². The zero-order valence-electron chi connectivity index (χ0n) is 16.6. The molecule has 1 aliphatic rings. The van der Waals surface area contributed by atoms with E-state index in [1.807, 2.05) is 6.92 Å². The fraction of sp³-hybridized carbons (Fsp3) is 0.238. The van der Waals surface area contributed by atoms with Crippen LogP contribution in [0.4, 0.5) is 4.79 Å². The fourth-order valence-corrected chi connectivity index (χ4v) is 3.64. The molecular formula is C21H21N3O5S. The first-order chi connectivity index (χ1) is 14.5. The number of benzene rings is 1. The number of nitrogens with zero attached hydrogens (tertiary/aromatic N) is 2. The number of methoxy groups -OCH3 is 1. The van der Waals surface area contributed by atoms with E-state index in [2.05, 4.69) is 10.3 Å². The van der Waals surface area contributed by atoms with E-state index in [9.17, 15) is 14.4 Å². The molecule has 9 heteroatoms. The van der Waals surface area contributed by atoms with Gasteiger partial charge in [0.05, 0.1) is 24.2 Å². The molecule has 0 spiro atoms. The van der Waals surface area contributed by atoms with Gasteiger partial charge in [-0.05, 0) is 54.6 Å². The first-order valence-electron chi connectivity index (χ1n) is 9.28. The molecular weight excluding hydrogens is 406 g/mol. The smallest absolute Gasteiger partial charge is 0.293 e. The standard InChI is InChI=1S/C21H21N3O5S/c1-3-29-16-7-6-14(11-17(16)28-2)12-18-20(26)24(21(27)30-18)10-9-23-19(25)15-5-4-8-22-13-15/h4-8,11-13H,3,9-10H2,1-2H3,(H,23,25). The van der Waals surface area contributed by atoms with Crippen molar-refractivity contribution in [3.63, 3.8) is 0 Å².